The fourth-order valence-corrected chi connectivity index (χ4v) is 1.90. The number of thioether (sulfide) groups is 1. The number of nitrogens with one attached hydrogen (secondary N) is 1. The van der Waals surface area contributed by atoms with Crippen LogP contribution in [-0.2, 0) is 0 Å². The molecule has 104 valence electrons. The standard InChI is InChI=1S/C11H14N2O5S/c1-19-10-3-2-7(4-9(10)13(17)18)11(16)12-5-8(15)6-14/h2-4,8,14-15H,5-6H2,1H3,(H,12,16). The molecule has 8 heteroatoms. The molecule has 0 fully saturated rings. The first-order valence-corrected chi connectivity index (χ1v) is 6.61. The Hall–Kier alpha value is -1.64. The van der Waals surface area contributed by atoms with Gasteiger partial charge in [-0.3, -0.25) is 14.9 Å². The van der Waals surface area contributed by atoms with Crippen molar-refractivity contribution < 1.29 is 19.9 Å². The van der Waals surface area contributed by atoms with E-state index in [-0.39, 0.29) is 17.8 Å². The van der Waals surface area contributed by atoms with Gasteiger partial charge in [0.05, 0.1) is 22.5 Å². The number of benzene rings is 1. The lowest BCUT2D eigenvalue weighted by Gasteiger charge is -2.09. The Bertz CT molecular complexity index is 480. The molecular formula is C11H14N2O5S. The molecule has 0 bridgehead atoms. The Morgan fingerprint density at radius 2 is 2.26 bits per heavy atom. The maximum atomic E-state index is 11.7. The van der Waals surface area contributed by atoms with Crippen LogP contribution in [0, 0.1) is 10.1 Å². The van der Waals surface area contributed by atoms with Gasteiger partial charge in [-0.05, 0) is 18.4 Å². The van der Waals surface area contributed by atoms with Crippen LogP contribution in [0.4, 0.5) is 5.69 Å². The van der Waals surface area contributed by atoms with E-state index in [2.05, 4.69) is 5.32 Å². The second-order valence-electron chi connectivity index (χ2n) is 3.69. The van der Waals surface area contributed by atoms with Gasteiger partial charge in [0.1, 0.15) is 0 Å². The van der Waals surface area contributed by atoms with Crippen molar-refractivity contribution in [2.45, 2.75) is 11.0 Å². The van der Waals surface area contributed by atoms with E-state index in [1.807, 2.05) is 0 Å². The first kappa shape index (κ1) is 15.4. The number of carbonyl (C=O) groups excluding carboxylic acids is 1. The van der Waals surface area contributed by atoms with Crippen molar-refractivity contribution in [3.8, 4) is 0 Å². The van der Waals surface area contributed by atoms with E-state index >= 15 is 0 Å². The summed E-state index contributed by atoms with van der Waals surface area (Å²) >= 11 is 1.22. The van der Waals surface area contributed by atoms with E-state index in [1.54, 1.807) is 6.26 Å². The van der Waals surface area contributed by atoms with Crippen LogP contribution < -0.4 is 5.32 Å². The second kappa shape index (κ2) is 7.07. The van der Waals surface area contributed by atoms with Gasteiger partial charge in [-0.1, -0.05) is 0 Å². The molecule has 7 nitrogen and oxygen atoms in total. The van der Waals surface area contributed by atoms with Crippen molar-refractivity contribution in [2.24, 2.45) is 0 Å². The number of hydrogen-bond acceptors (Lipinski definition) is 6. The highest BCUT2D eigenvalue weighted by Gasteiger charge is 2.17. The van der Waals surface area contributed by atoms with E-state index in [4.69, 9.17) is 10.2 Å². The predicted octanol–water partition coefficient (Wildman–Crippen LogP) is 0.400. The van der Waals surface area contributed by atoms with Crippen molar-refractivity contribution in [1.29, 1.82) is 0 Å². The van der Waals surface area contributed by atoms with E-state index in [0.29, 0.717) is 4.90 Å². The minimum Gasteiger partial charge on any atom is -0.394 e. The van der Waals surface area contributed by atoms with Gasteiger partial charge in [0, 0.05) is 18.2 Å². The van der Waals surface area contributed by atoms with Crippen LogP contribution in [0.5, 0.6) is 0 Å². The average molecular weight is 286 g/mol. The summed E-state index contributed by atoms with van der Waals surface area (Å²) in [6.45, 7) is -0.584. The van der Waals surface area contributed by atoms with E-state index in [9.17, 15) is 14.9 Å². The maximum absolute atomic E-state index is 11.7. The molecule has 0 saturated heterocycles. The maximum Gasteiger partial charge on any atom is 0.283 e. The molecule has 0 saturated carbocycles. The summed E-state index contributed by atoms with van der Waals surface area (Å²) in [7, 11) is 0. The molecule has 0 radical (unpaired) electrons. The summed E-state index contributed by atoms with van der Waals surface area (Å²) in [6, 6.07) is 4.16. The van der Waals surface area contributed by atoms with Crippen LogP contribution in [0.15, 0.2) is 23.1 Å². The quantitative estimate of drug-likeness (QED) is 0.396. The Labute approximate surface area is 113 Å². The Kier molecular flexibility index (Phi) is 5.74. The summed E-state index contributed by atoms with van der Waals surface area (Å²) in [5.74, 6) is -0.539. The van der Waals surface area contributed by atoms with E-state index in [1.165, 1.54) is 30.0 Å². The fraction of sp³-hybridized carbons (Fsp3) is 0.364. The molecular weight excluding hydrogens is 272 g/mol. The highest BCUT2D eigenvalue weighted by Crippen LogP contribution is 2.28. The van der Waals surface area contributed by atoms with Crippen molar-refractivity contribution in [1.82, 2.24) is 5.32 Å². The SMILES string of the molecule is CSc1ccc(C(=O)NCC(O)CO)cc1[N+](=O)[O-]. The van der Waals surface area contributed by atoms with Gasteiger partial charge in [-0.2, -0.15) is 0 Å². The zero-order valence-electron chi connectivity index (χ0n) is 10.2. The Morgan fingerprint density at radius 3 is 2.79 bits per heavy atom. The van der Waals surface area contributed by atoms with Crippen LogP contribution in [0.3, 0.4) is 0 Å². The summed E-state index contributed by atoms with van der Waals surface area (Å²) in [5, 5.41) is 30.9. The molecule has 0 aliphatic rings. The predicted molar refractivity (Wildman–Crippen MR) is 70.3 cm³/mol. The highest BCUT2D eigenvalue weighted by atomic mass is 32.2. The number of aliphatic hydroxyl groups excluding tert-OH is 2. The number of hydrogen-bond donors (Lipinski definition) is 3. The summed E-state index contributed by atoms with van der Waals surface area (Å²) in [4.78, 5) is 22.5. The van der Waals surface area contributed by atoms with Gasteiger partial charge < -0.3 is 15.5 Å². The average Bonchev–Trinajstić information content (AvgIpc) is 2.43. The molecule has 1 unspecified atom stereocenters. The second-order valence-corrected chi connectivity index (χ2v) is 4.54. The van der Waals surface area contributed by atoms with Gasteiger partial charge in [-0.15, -0.1) is 11.8 Å². The number of aliphatic hydroxyl groups is 2. The third-order valence-corrected chi connectivity index (χ3v) is 3.13. The zero-order valence-corrected chi connectivity index (χ0v) is 11.0. The van der Waals surface area contributed by atoms with E-state index in [0.717, 1.165) is 0 Å². The zero-order chi connectivity index (χ0) is 14.4. The number of amides is 1. The minimum atomic E-state index is -1.05. The lowest BCUT2D eigenvalue weighted by Crippen LogP contribution is -2.33. The van der Waals surface area contributed by atoms with Crippen LogP contribution in [0.1, 0.15) is 10.4 Å². The first-order valence-electron chi connectivity index (χ1n) is 5.39. The molecule has 1 aromatic rings. The van der Waals surface area contributed by atoms with Gasteiger partial charge in [0.15, 0.2) is 0 Å². The largest absolute Gasteiger partial charge is 0.394 e. The number of nitro groups is 1. The number of nitro benzene ring substituents is 1. The van der Waals surface area contributed by atoms with E-state index < -0.39 is 23.5 Å². The van der Waals surface area contributed by atoms with Crippen LogP contribution in [0.2, 0.25) is 0 Å². The van der Waals surface area contributed by atoms with Crippen molar-refractivity contribution in [2.75, 3.05) is 19.4 Å². The smallest absolute Gasteiger partial charge is 0.283 e. The van der Waals surface area contributed by atoms with Crippen LogP contribution >= 0.6 is 11.8 Å². The highest BCUT2D eigenvalue weighted by molar-refractivity contribution is 7.98. The summed E-state index contributed by atoms with van der Waals surface area (Å²) < 4.78 is 0. The number of rotatable bonds is 6. The molecule has 1 aromatic carbocycles. The molecule has 1 amide bonds. The molecule has 19 heavy (non-hydrogen) atoms. The van der Waals surface area contributed by atoms with Gasteiger partial charge in [0.25, 0.3) is 11.6 Å². The molecule has 0 aromatic heterocycles. The van der Waals surface area contributed by atoms with Gasteiger partial charge >= 0.3 is 0 Å². The molecule has 3 N–H and O–H groups in total. The summed E-state index contributed by atoms with van der Waals surface area (Å²) in [5.41, 5.74) is -0.00232. The monoisotopic (exact) mass is 286 g/mol. The number of nitrogens with zero attached hydrogens (tertiary/aromatic N) is 1. The Balaban J connectivity index is 2.86. The Morgan fingerprint density at radius 1 is 1.58 bits per heavy atom. The molecule has 1 atom stereocenters. The van der Waals surface area contributed by atoms with Crippen LogP contribution in [0.25, 0.3) is 0 Å². The van der Waals surface area contributed by atoms with Crippen molar-refractivity contribution in [3.63, 3.8) is 0 Å². The summed E-state index contributed by atoms with van der Waals surface area (Å²) in [6.07, 6.45) is 0.657. The molecule has 1 rings (SSSR count). The van der Waals surface area contributed by atoms with Crippen molar-refractivity contribution in [3.05, 3.63) is 33.9 Å². The topological polar surface area (TPSA) is 113 Å². The normalized spacial score (nSPS) is 11.9. The lowest BCUT2D eigenvalue weighted by atomic mass is 10.2. The third-order valence-electron chi connectivity index (χ3n) is 2.35. The minimum absolute atomic E-state index is 0.118. The third kappa shape index (κ3) is 4.19. The molecule has 0 spiro atoms. The first-order chi connectivity index (χ1) is 8.99. The molecule has 0 aliphatic carbocycles. The molecule has 0 aliphatic heterocycles. The van der Waals surface area contributed by atoms with Gasteiger partial charge in [-0.25, -0.2) is 0 Å². The fourth-order valence-electron chi connectivity index (χ4n) is 1.35. The van der Waals surface area contributed by atoms with Gasteiger partial charge in [0.2, 0.25) is 0 Å². The lowest BCUT2D eigenvalue weighted by molar-refractivity contribution is -0.387. The van der Waals surface area contributed by atoms with Crippen molar-refractivity contribution >= 4 is 23.4 Å². The molecule has 0 heterocycles. The number of carbonyl (C=O) groups is 1. The van der Waals surface area contributed by atoms with Crippen LogP contribution in [-0.4, -0.2) is 46.6 Å².